The summed E-state index contributed by atoms with van der Waals surface area (Å²) in [6.07, 6.45) is 23.0. The molecule has 0 saturated heterocycles. The molecule has 0 amide bonds. The van der Waals surface area contributed by atoms with Crippen LogP contribution in [0.15, 0.2) is 12.1 Å². The van der Waals surface area contributed by atoms with Crippen LogP contribution in [0.1, 0.15) is 133 Å². The fraction of sp³-hybridized carbons (Fsp3) is 0.778. The standard InChI is InChI=1S/C27H49O3P/c1-4-6-8-10-12-14-16-18-20-25-24(3)22-23-27(30-31(28)29)26(25)21-19-17-15-13-11-9-7-5-2/h22-23,28-29H,4-21H2,1-3H3. The van der Waals surface area contributed by atoms with E-state index in [1.165, 1.54) is 113 Å². The van der Waals surface area contributed by atoms with Crippen molar-refractivity contribution < 1.29 is 14.3 Å². The summed E-state index contributed by atoms with van der Waals surface area (Å²) in [5.74, 6) is 0.680. The van der Waals surface area contributed by atoms with Crippen LogP contribution in [0.5, 0.6) is 5.75 Å². The lowest BCUT2D eigenvalue weighted by Gasteiger charge is -2.18. The molecule has 4 heteroatoms. The number of rotatable bonds is 20. The van der Waals surface area contributed by atoms with Crippen molar-refractivity contribution in [3.05, 3.63) is 28.8 Å². The normalized spacial score (nSPS) is 11.4. The second-order valence-electron chi connectivity index (χ2n) is 9.13. The third-order valence-electron chi connectivity index (χ3n) is 6.36. The molecule has 3 nitrogen and oxygen atoms in total. The van der Waals surface area contributed by atoms with Crippen molar-refractivity contribution in [2.24, 2.45) is 0 Å². The molecule has 0 spiro atoms. The molecule has 1 aromatic carbocycles. The first-order valence-corrected chi connectivity index (χ1v) is 14.2. The van der Waals surface area contributed by atoms with Crippen LogP contribution < -0.4 is 4.52 Å². The van der Waals surface area contributed by atoms with Crippen LogP contribution in [-0.2, 0) is 12.8 Å². The van der Waals surface area contributed by atoms with Crippen LogP contribution in [0, 0.1) is 6.92 Å². The molecule has 0 unspecified atom stereocenters. The molecule has 31 heavy (non-hydrogen) atoms. The Morgan fingerprint density at radius 3 is 1.48 bits per heavy atom. The van der Waals surface area contributed by atoms with E-state index in [-0.39, 0.29) is 0 Å². The highest BCUT2D eigenvalue weighted by molar-refractivity contribution is 7.39. The van der Waals surface area contributed by atoms with Gasteiger partial charge >= 0.3 is 8.60 Å². The summed E-state index contributed by atoms with van der Waals surface area (Å²) < 4.78 is 5.42. The highest BCUT2D eigenvalue weighted by Gasteiger charge is 2.15. The van der Waals surface area contributed by atoms with Gasteiger partial charge in [-0.3, -0.25) is 0 Å². The molecule has 0 aromatic heterocycles. The van der Waals surface area contributed by atoms with E-state index in [9.17, 15) is 9.79 Å². The second-order valence-corrected chi connectivity index (χ2v) is 9.82. The van der Waals surface area contributed by atoms with Crippen molar-refractivity contribution in [3.8, 4) is 5.75 Å². The Morgan fingerprint density at radius 1 is 0.613 bits per heavy atom. The zero-order valence-corrected chi connectivity index (χ0v) is 21.5. The summed E-state index contributed by atoms with van der Waals surface area (Å²) in [6, 6.07) is 4.00. The van der Waals surface area contributed by atoms with Gasteiger partial charge in [-0.05, 0) is 55.4 Å². The molecule has 2 N–H and O–H groups in total. The number of aryl methyl sites for hydroxylation is 1. The lowest BCUT2D eigenvalue weighted by Crippen LogP contribution is -2.02. The first kappa shape index (κ1) is 28.4. The Hall–Kier alpha value is -0.630. The van der Waals surface area contributed by atoms with Gasteiger partial charge in [-0.15, -0.1) is 0 Å². The molecule has 0 radical (unpaired) electrons. The maximum atomic E-state index is 9.44. The fourth-order valence-corrected chi connectivity index (χ4v) is 4.80. The molecule has 0 bridgehead atoms. The summed E-state index contributed by atoms with van der Waals surface area (Å²) >= 11 is 0. The fourth-order valence-electron chi connectivity index (χ4n) is 4.46. The summed E-state index contributed by atoms with van der Waals surface area (Å²) in [5.41, 5.74) is 3.90. The second kappa shape index (κ2) is 18.9. The van der Waals surface area contributed by atoms with Crippen LogP contribution >= 0.6 is 8.60 Å². The number of unbranched alkanes of at least 4 members (excludes halogenated alkanes) is 14. The third kappa shape index (κ3) is 13.5. The molecule has 0 aliphatic heterocycles. The topological polar surface area (TPSA) is 49.7 Å². The van der Waals surface area contributed by atoms with Gasteiger partial charge in [-0.2, -0.15) is 0 Å². The number of benzene rings is 1. The number of hydrogen-bond donors (Lipinski definition) is 2. The summed E-state index contributed by atoms with van der Waals surface area (Å²) in [7, 11) is -2.37. The van der Waals surface area contributed by atoms with Crippen LogP contribution in [0.2, 0.25) is 0 Å². The Bertz CT molecular complexity index is 560. The quantitative estimate of drug-likeness (QED) is 0.153. The van der Waals surface area contributed by atoms with Gasteiger partial charge in [0.15, 0.2) is 0 Å². The monoisotopic (exact) mass is 452 g/mol. The molecule has 0 aliphatic carbocycles. The van der Waals surface area contributed by atoms with Crippen molar-refractivity contribution in [2.75, 3.05) is 0 Å². The van der Waals surface area contributed by atoms with E-state index in [2.05, 4.69) is 26.8 Å². The van der Waals surface area contributed by atoms with E-state index in [0.717, 1.165) is 19.3 Å². The summed E-state index contributed by atoms with van der Waals surface area (Å²) in [6.45, 7) is 6.71. The van der Waals surface area contributed by atoms with Gasteiger partial charge in [0.25, 0.3) is 0 Å². The van der Waals surface area contributed by atoms with Crippen molar-refractivity contribution in [1.82, 2.24) is 0 Å². The van der Waals surface area contributed by atoms with E-state index in [1.807, 2.05) is 6.07 Å². The average Bonchev–Trinajstić information content (AvgIpc) is 2.74. The predicted molar refractivity (Wildman–Crippen MR) is 136 cm³/mol. The van der Waals surface area contributed by atoms with Gasteiger partial charge in [-0.1, -0.05) is 110 Å². The van der Waals surface area contributed by atoms with Crippen molar-refractivity contribution >= 4 is 8.60 Å². The van der Waals surface area contributed by atoms with Gasteiger partial charge in [-0.25, -0.2) is 0 Å². The summed E-state index contributed by atoms with van der Waals surface area (Å²) in [5, 5.41) is 0. The molecule has 1 rings (SSSR count). The Morgan fingerprint density at radius 2 is 1.03 bits per heavy atom. The lowest BCUT2D eigenvalue weighted by atomic mass is 9.92. The Balaban J connectivity index is 2.54. The molecule has 1 aromatic rings. The minimum absolute atomic E-state index is 0.680. The molecule has 0 heterocycles. The molecular formula is C27H49O3P. The highest BCUT2D eigenvalue weighted by Crippen LogP contribution is 2.36. The third-order valence-corrected chi connectivity index (χ3v) is 6.72. The maximum Gasteiger partial charge on any atom is 0.391 e. The van der Waals surface area contributed by atoms with Crippen molar-refractivity contribution in [1.29, 1.82) is 0 Å². The lowest BCUT2D eigenvalue weighted by molar-refractivity contribution is 0.372. The first-order valence-electron chi connectivity index (χ1n) is 13.1. The van der Waals surface area contributed by atoms with Gasteiger partial charge in [0.05, 0.1) is 0 Å². The largest absolute Gasteiger partial charge is 0.427 e. The molecule has 0 saturated carbocycles. The van der Waals surface area contributed by atoms with Gasteiger partial charge in [0.2, 0.25) is 0 Å². The first-order chi connectivity index (χ1) is 15.1. The molecular weight excluding hydrogens is 403 g/mol. The van der Waals surface area contributed by atoms with Crippen molar-refractivity contribution in [2.45, 2.75) is 136 Å². The molecule has 0 aliphatic rings. The zero-order chi connectivity index (χ0) is 22.7. The smallest absolute Gasteiger partial charge is 0.391 e. The van der Waals surface area contributed by atoms with E-state index < -0.39 is 8.60 Å². The predicted octanol–water partition coefficient (Wildman–Crippen LogP) is 8.95. The van der Waals surface area contributed by atoms with Crippen LogP contribution in [0.3, 0.4) is 0 Å². The van der Waals surface area contributed by atoms with Crippen LogP contribution in [-0.4, -0.2) is 9.79 Å². The van der Waals surface area contributed by atoms with E-state index >= 15 is 0 Å². The van der Waals surface area contributed by atoms with Crippen molar-refractivity contribution in [3.63, 3.8) is 0 Å². The van der Waals surface area contributed by atoms with E-state index in [4.69, 9.17) is 4.52 Å². The highest BCUT2D eigenvalue weighted by atomic mass is 31.2. The van der Waals surface area contributed by atoms with Gasteiger partial charge < -0.3 is 14.3 Å². The minimum Gasteiger partial charge on any atom is -0.427 e. The maximum absolute atomic E-state index is 9.44. The SMILES string of the molecule is CCCCCCCCCCc1c(C)ccc(OP(O)O)c1CCCCCCCCCC. The van der Waals surface area contributed by atoms with Gasteiger partial charge in [0.1, 0.15) is 5.75 Å². The average molecular weight is 453 g/mol. The zero-order valence-electron chi connectivity index (χ0n) is 20.6. The Kier molecular flexibility index (Phi) is 17.3. The minimum atomic E-state index is -2.37. The number of hydrogen-bond acceptors (Lipinski definition) is 3. The van der Waals surface area contributed by atoms with Crippen LogP contribution in [0.25, 0.3) is 0 Å². The Labute approximate surface area is 194 Å². The molecule has 0 atom stereocenters. The summed E-state index contributed by atoms with van der Waals surface area (Å²) in [4.78, 5) is 18.9. The van der Waals surface area contributed by atoms with E-state index in [1.54, 1.807) is 0 Å². The molecule has 0 fully saturated rings. The van der Waals surface area contributed by atoms with Gasteiger partial charge in [0, 0.05) is 0 Å². The van der Waals surface area contributed by atoms with E-state index in [0.29, 0.717) is 5.75 Å². The molecule has 180 valence electrons. The van der Waals surface area contributed by atoms with Crippen LogP contribution in [0.4, 0.5) is 0 Å².